The first kappa shape index (κ1) is 40.6. The number of aliphatic hydroxyl groups is 2. The highest BCUT2D eigenvalue weighted by atomic mass is 16.8. The van der Waals surface area contributed by atoms with Crippen LogP contribution in [0.1, 0.15) is 50.7 Å². The summed E-state index contributed by atoms with van der Waals surface area (Å²) < 4.78 is 22.2. The lowest BCUT2D eigenvalue weighted by Gasteiger charge is -2.45. The molecule has 4 aliphatic heterocycles. The van der Waals surface area contributed by atoms with Gasteiger partial charge in [-0.2, -0.15) is 0 Å². The number of carbonyl (C=O) groups is 6. The van der Waals surface area contributed by atoms with Crippen LogP contribution in [0, 0.1) is 0 Å². The zero-order valence-corrected chi connectivity index (χ0v) is 32.4. The molecule has 6 N–H and O–H groups in total. The Balaban J connectivity index is 0.907. The molecule has 1 saturated carbocycles. The van der Waals surface area contributed by atoms with Gasteiger partial charge in [0.1, 0.15) is 22.5 Å². The number of aliphatic hydroxyl groups excluding tert-OH is 2. The molecule has 308 valence electrons. The molecule has 0 radical (unpaired) electrons. The number of carbonyl (C=O) groups excluding carboxylic acids is 6. The van der Waals surface area contributed by atoms with Crippen molar-refractivity contribution < 1.29 is 57.9 Å². The van der Waals surface area contributed by atoms with Crippen molar-refractivity contribution in [1.82, 2.24) is 21.3 Å². The monoisotopic (exact) mass is 816 g/mol. The first-order valence-electron chi connectivity index (χ1n) is 18.9. The standard InChI is InChI=1S/C44H40N4O12/c1-41(27-15-7-3-8-16-27)45-33(49)29(34(50)46-41)19-11-5-13-21-31-37(53)57-43(58-38(31)54)23-25-44(26-24-43)59-39(55)32(40(56)60-44)22-14-6-12-20-30-35(51)47-42(2,48-36(30)52)28-17-9-4-10-18-28/h3-22,45,47,49,51H,23-26H2,1-2H3,(H,46,50)(H,48,52)/b13-5+,14-6+,19-11+,20-12+,31-21?,32-22?. The summed E-state index contributed by atoms with van der Waals surface area (Å²) in [5, 5.41) is 32.6. The van der Waals surface area contributed by atoms with Crippen molar-refractivity contribution in [2.75, 3.05) is 0 Å². The molecular formula is C44H40N4O12. The van der Waals surface area contributed by atoms with Crippen molar-refractivity contribution in [3.8, 4) is 0 Å². The van der Waals surface area contributed by atoms with Crippen LogP contribution in [0.2, 0.25) is 0 Å². The van der Waals surface area contributed by atoms with E-state index in [-0.39, 0.29) is 48.6 Å². The number of esters is 4. The average Bonchev–Trinajstić information content (AvgIpc) is 3.20. The Labute approximate surface area is 343 Å². The molecule has 2 amide bonds. The van der Waals surface area contributed by atoms with E-state index in [2.05, 4.69) is 21.3 Å². The number of nitrogens with one attached hydrogen (secondary N) is 4. The lowest BCUT2D eigenvalue weighted by molar-refractivity contribution is -0.291. The van der Waals surface area contributed by atoms with Crippen molar-refractivity contribution in [2.24, 2.45) is 0 Å². The number of rotatable bonds is 8. The Morgan fingerprint density at radius 3 is 1.13 bits per heavy atom. The molecule has 2 unspecified atom stereocenters. The Hall–Kier alpha value is -7.62. The molecule has 2 atom stereocenters. The van der Waals surface area contributed by atoms with Gasteiger partial charge in [-0.25, -0.2) is 19.2 Å². The van der Waals surface area contributed by atoms with E-state index in [4.69, 9.17) is 18.9 Å². The highest BCUT2D eigenvalue weighted by molar-refractivity contribution is 6.16. The van der Waals surface area contributed by atoms with E-state index >= 15 is 0 Å². The van der Waals surface area contributed by atoms with Gasteiger partial charge >= 0.3 is 23.9 Å². The SMILES string of the molecule is CC1(c2ccccc2)NC(=O)C(/C=C/C=C/C=C2C(=O)OC3(CCC4(CC3)OC(=O)C(=C/C=C/C=C/C3=C(O)NC(C)(c5ccccc5)NC3=O)C(=O)O4)OC2=O)=C(O)N1. The quantitative estimate of drug-likeness (QED) is 0.0960. The van der Waals surface area contributed by atoms with Crippen LogP contribution in [0.25, 0.3) is 0 Å². The third kappa shape index (κ3) is 8.20. The van der Waals surface area contributed by atoms with E-state index in [0.29, 0.717) is 0 Å². The van der Waals surface area contributed by atoms with Crippen LogP contribution < -0.4 is 21.3 Å². The molecule has 2 saturated heterocycles. The smallest absolute Gasteiger partial charge is 0.348 e. The van der Waals surface area contributed by atoms with Crippen LogP contribution in [-0.2, 0) is 59.0 Å². The number of hydrogen-bond acceptors (Lipinski definition) is 14. The predicted molar refractivity (Wildman–Crippen MR) is 210 cm³/mol. The topological polar surface area (TPSA) is 228 Å². The summed E-state index contributed by atoms with van der Waals surface area (Å²) >= 11 is 0. The Morgan fingerprint density at radius 2 is 0.817 bits per heavy atom. The summed E-state index contributed by atoms with van der Waals surface area (Å²) in [6, 6.07) is 18.1. The zero-order chi connectivity index (χ0) is 42.7. The molecule has 4 heterocycles. The van der Waals surface area contributed by atoms with Gasteiger partial charge in [-0.1, -0.05) is 97.1 Å². The van der Waals surface area contributed by atoms with Gasteiger partial charge in [-0.3, -0.25) is 9.59 Å². The summed E-state index contributed by atoms with van der Waals surface area (Å²) in [5.41, 5.74) is -1.44. The van der Waals surface area contributed by atoms with E-state index in [0.717, 1.165) is 11.1 Å². The number of hydrogen-bond donors (Lipinski definition) is 6. The molecule has 2 aromatic carbocycles. The number of allylic oxidation sites excluding steroid dienone is 8. The van der Waals surface area contributed by atoms with Crippen LogP contribution in [0.5, 0.6) is 0 Å². The van der Waals surface area contributed by atoms with Gasteiger partial charge in [0, 0.05) is 25.7 Å². The van der Waals surface area contributed by atoms with Crippen molar-refractivity contribution in [3.63, 3.8) is 0 Å². The number of benzene rings is 2. The molecule has 3 fully saturated rings. The molecule has 2 spiro atoms. The maximum Gasteiger partial charge on any atom is 0.348 e. The van der Waals surface area contributed by atoms with Crippen LogP contribution in [-0.4, -0.2) is 57.5 Å². The van der Waals surface area contributed by atoms with Crippen LogP contribution in [0.15, 0.2) is 155 Å². The molecule has 1 aliphatic carbocycles. The van der Waals surface area contributed by atoms with E-state index < -0.39 is 69.7 Å². The van der Waals surface area contributed by atoms with E-state index in [1.165, 1.54) is 60.8 Å². The average molecular weight is 817 g/mol. The first-order chi connectivity index (χ1) is 28.6. The molecular weight excluding hydrogens is 777 g/mol. The highest BCUT2D eigenvalue weighted by Crippen LogP contribution is 2.45. The minimum Gasteiger partial charge on any atom is -0.494 e. The fraction of sp³-hybridized carbons (Fsp3) is 0.227. The van der Waals surface area contributed by atoms with Gasteiger partial charge in [0.25, 0.3) is 23.4 Å². The molecule has 16 heteroatoms. The van der Waals surface area contributed by atoms with E-state index in [9.17, 15) is 39.0 Å². The summed E-state index contributed by atoms with van der Waals surface area (Å²) in [4.78, 5) is 77.4. The van der Waals surface area contributed by atoms with Gasteiger partial charge in [-0.15, -0.1) is 0 Å². The second kappa shape index (κ2) is 16.0. The Kier molecular flexibility index (Phi) is 10.8. The lowest BCUT2D eigenvalue weighted by atomic mass is 9.87. The van der Waals surface area contributed by atoms with Gasteiger partial charge < -0.3 is 50.4 Å². The Bertz CT molecular complexity index is 2190. The minimum atomic E-state index is -1.67. The summed E-state index contributed by atoms with van der Waals surface area (Å²) in [6.45, 7) is 3.42. The largest absolute Gasteiger partial charge is 0.494 e. The third-order valence-electron chi connectivity index (χ3n) is 10.4. The summed E-state index contributed by atoms with van der Waals surface area (Å²) in [6.07, 6.45) is 13.0. The fourth-order valence-electron chi connectivity index (χ4n) is 7.15. The second-order valence-corrected chi connectivity index (χ2v) is 14.7. The molecule has 0 bridgehead atoms. The van der Waals surface area contributed by atoms with Gasteiger partial charge in [0.05, 0.1) is 11.1 Å². The van der Waals surface area contributed by atoms with Gasteiger partial charge in [0.2, 0.25) is 0 Å². The highest BCUT2D eigenvalue weighted by Gasteiger charge is 2.56. The molecule has 2 aromatic rings. The van der Waals surface area contributed by atoms with E-state index in [1.807, 2.05) is 36.4 Å². The number of ether oxygens (including phenoxy) is 4. The van der Waals surface area contributed by atoms with Crippen LogP contribution >= 0.6 is 0 Å². The van der Waals surface area contributed by atoms with Crippen molar-refractivity contribution in [3.05, 3.63) is 167 Å². The lowest BCUT2D eigenvalue weighted by Crippen LogP contribution is -2.57. The van der Waals surface area contributed by atoms with Crippen molar-refractivity contribution >= 4 is 35.7 Å². The summed E-state index contributed by atoms with van der Waals surface area (Å²) in [5.74, 6) is -8.85. The molecule has 5 aliphatic rings. The van der Waals surface area contributed by atoms with Crippen molar-refractivity contribution in [1.29, 1.82) is 0 Å². The minimum absolute atomic E-state index is 0.0330. The molecule has 60 heavy (non-hydrogen) atoms. The third-order valence-corrected chi connectivity index (χ3v) is 10.4. The van der Waals surface area contributed by atoms with Crippen molar-refractivity contribution in [2.45, 2.75) is 62.4 Å². The van der Waals surface area contributed by atoms with Crippen LogP contribution in [0.3, 0.4) is 0 Å². The maximum atomic E-state index is 12.9. The first-order valence-corrected chi connectivity index (χ1v) is 18.9. The predicted octanol–water partition coefficient (Wildman–Crippen LogP) is 3.95. The fourth-order valence-corrected chi connectivity index (χ4v) is 7.15. The Morgan fingerprint density at radius 1 is 0.483 bits per heavy atom. The van der Waals surface area contributed by atoms with Gasteiger partial charge in [0.15, 0.2) is 11.8 Å². The maximum absolute atomic E-state index is 12.9. The van der Waals surface area contributed by atoms with E-state index in [1.54, 1.807) is 38.1 Å². The van der Waals surface area contributed by atoms with Gasteiger partial charge in [-0.05, 0) is 49.3 Å². The zero-order valence-electron chi connectivity index (χ0n) is 32.4. The molecule has 7 rings (SSSR count). The second-order valence-electron chi connectivity index (χ2n) is 14.7. The number of amides is 2. The molecule has 16 nitrogen and oxygen atoms in total. The molecule has 0 aromatic heterocycles. The normalized spacial score (nSPS) is 28.4. The summed E-state index contributed by atoms with van der Waals surface area (Å²) in [7, 11) is 0. The van der Waals surface area contributed by atoms with Crippen LogP contribution in [0.4, 0.5) is 0 Å².